The Bertz CT molecular complexity index is 254. The molecule has 0 heterocycles. The first-order valence-electron chi connectivity index (χ1n) is 2.91. The van der Waals surface area contributed by atoms with Crippen molar-refractivity contribution in [3.8, 4) is 0 Å². The fraction of sp³-hybridized carbons (Fsp3) is 0.800. The summed E-state index contributed by atoms with van der Waals surface area (Å²) in [5, 5.41) is 17.4. The summed E-state index contributed by atoms with van der Waals surface area (Å²) in [7, 11) is -3.96. The van der Waals surface area contributed by atoms with E-state index in [2.05, 4.69) is 0 Å². The molecule has 2 N–H and O–H groups in total. The molecule has 66 valence electrons. The zero-order valence-electron chi connectivity index (χ0n) is 6.23. The van der Waals surface area contributed by atoms with Gasteiger partial charge in [0.05, 0.1) is 0 Å². The number of carboxylic acid groups (broad SMARTS) is 1. The van der Waals surface area contributed by atoms with Crippen LogP contribution in [0.4, 0.5) is 0 Å². The van der Waals surface area contributed by atoms with Gasteiger partial charge >= 0.3 is 5.97 Å². The molecule has 0 fully saturated rings. The molecule has 5 nitrogen and oxygen atoms in total. The van der Waals surface area contributed by atoms with Gasteiger partial charge in [-0.05, 0) is 6.42 Å². The van der Waals surface area contributed by atoms with Gasteiger partial charge in [0, 0.05) is 6.26 Å². The zero-order valence-corrected chi connectivity index (χ0v) is 7.05. The molecule has 0 saturated carbocycles. The van der Waals surface area contributed by atoms with E-state index in [-0.39, 0.29) is 6.42 Å². The van der Waals surface area contributed by atoms with E-state index in [1.807, 2.05) is 0 Å². The van der Waals surface area contributed by atoms with Crippen molar-refractivity contribution in [2.24, 2.45) is 0 Å². The van der Waals surface area contributed by atoms with Gasteiger partial charge in [-0.1, -0.05) is 6.92 Å². The van der Waals surface area contributed by atoms with Gasteiger partial charge in [0.15, 0.2) is 9.84 Å². The van der Waals surface area contributed by atoms with E-state index in [1.54, 1.807) is 0 Å². The lowest BCUT2D eigenvalue weighted by Gasteiger charge is -2.18. The number of carboxylic acids is 1. The van der Waals surface area contributed by atoms with Crippen molar-refractivity contribution in [2.45, 2.75) is 18.3 Å². The molecule has 0 aliphatic carbocycles. The SMILES string of the molecule is CCC(O)(C(=O)O)S(C)(=O)=O. The Morgan fingerprint density at radius 2 is 1.91 bits per heavy atom. The summed E-state index contributed by atoms with van der Waals surface area (Å²) >= 11 is 0. The minimum absolute atomic E-state index is 0.360. The lowest BCUT2D eigenvalue weighted by atomic mass is 10.3. The molecule has 1 unspecified atom stereocenters. The second kappa shape index (κ2) is 2.78. The first-order valence-corrected chi connectivity index (χ1v) is 4.80. The summed E-state index contributed by atoms with van der Waals surface area (Å²) in [6.07, 6.45) is 0.325. The van der Waals surface area contributed by atoms with Gasteiger partial charge in [0.25, 0.3) is 4.93 Å². The first kappa shape index (κ1) is 10.4. The largest absolute Gasteiger partial charge is 0.478 e. The molecule has 0 amide bonds. The van der Waals surface area contributed by atoms with Crippen LogP contribution in [-0.4, -0.2) is 35.8 Å². The lowest BCUT2D eigenvalue weighted by molar-refractivity contribution is -0.150. The van der Waals surface area contributed by atoms with Crippen molar-refractivity contribution in [1.82, 2.24) is 0 Å². The Labute approximate surface area is 64.6 Å². The number of carbonyl (C=O) groups is 1. The number of sulfone groups is 1. The van der Waals surface area contributed by atoms with Crippen LogP contribution in [0.25, 0.3) is 0 Å². The zero-order chi connectivity index (χ0) is 9.28. The van der Waals surface area contributed by atoms with Crippen LogP contribution in [-0.2, 0) is 14.6 Å². The number of aliphatic carboxylic acids is 1. The van der Waals surface area contributed by atoms with Crippen LogP contribution in [0.2, 0.25) is 0 Å². The highest BCUT2D eigenvalue weighted by molar-refractivity contribution is 7.92. The van der Waals surface area contributed by atoms with E-state index in [0.717, 1.165) is 0 Å². The van der Waals surface area contributed by atoms with Gasteiger partial charge < -0.3 is 10.2 Å². The van der Waals surface area contributed by atoms with E-state index in [4.69, 9.17) is 10.2 Å². The van der Waals surface area contributed by atoms with Crippen molar-refractivity contribution >= 4 is 15.8 Å². The third kappa shape index (κ3) is 1.69. The molecule has 0 aromatic carbocycles. The quantitative estimate of drug-likeness (QED) is 0.597. The Kier molecular flexibility index (Phi) is 2.63. The van der Waals surface area contributed by atoms with Crippen molar-refractivity contribution < 1.29 is 23.4 Å². The second-order valence-corrected chi connectivity index (χ2v) is 4.43. The van der Waals surface area contributed by atoms with Gasteiger partial charge in [-0.3, -0.25) is 0 Å². The maximum Gasteiger partial charge on any atom is 0.351 e. The fourth-order valence-corrected chi connectivity index (χ4v) is 1.41. The van der Waals surface area contributed by atoms with Crippen molar-refractivity contribution in [1.29, 1.82) is 0 Å². The van der Waals surface area contributed by atoms with Gasteiger partial charge in [0.2, 0.25) is 0 Å². The Balaban J connectivity index is 5.09. The predicted octanol–water partition coefficient (Wildman–Crippen LogP) is -0.786. The van der Waals surface area contributed by atoms with E-state index in [0.29, 0.717) is 6.26 Å². The topological polar surface area (TPSA) is 91.7 Å². The summed E-state index contributed by atoms with van der Waals surface area (Å²) in [5.41, 5.74) is 0. The minimum Gasteiger partial charge on any atom is -0.478 e. The molecule has 0 spiro atoms. The number of hydrogen-bond acceptors (Lipinski definition) is 4. The maximum absolute atomic E-state index is 10.7. The van der Waals surface area contributed by atoms with Gasteiger partial charge in [0.1, 0.15) is 0 Å². The smallest absolute Gasteiger partial charge is 0.351 e. The standard InChI is InChI=1S/C5H10O5S/c1-3-5(8,4(6)7)11(2,9)10/h8H,3H2,1-2H3,(H,6,7). The molecule has 1 atom stereocenters. The molecule has 0 aromatic heterocycles. The molecule has 11 heavy (non-hydrogen) atoms. The molecular formula is C5H10O5S. The van der Waals surface area contributed by atoms with E-state index in [1.165, 1.54) is 6.92 Å². The second-order valence-electron chi connectivity index (χ2n) is 2.22. The molecular weight excluding hydrogens is 172 g/mol. The third-order valence-electron chi connectivity index (χ3n) is 1.43. The molecule has 0 aromatic rings. The summed E-state index contributed by atoms with van der Waals surface area (Å²) < 4.78 is 21.4. The number of aliphatic hydroxyl groups is 1. The highest BCUT2D eigenvalue weighted by Crippen LogP contribution is 2.16. The van der Waals surface area contributed by atoms with Crippen LogP contribution in [0.3, 0.4) is 0 Å². The Hall–Kier alpha value is -0.620. The van der Waals surface area contributed by atoms with Crippen LogP contribution in [0.5, 0.6) is 0 Å². The average Bonchev–Trinajstić information content (AvgIpc) is 1.83. The molecule has 0 bridgehead atoms. The summed E-state index contributed by atoms with van der Waals surface area (Å²) in [6, 6.07) is 0. The lowest BCUT2D eigenvalue weighted by Crippen LogP contribution is -2.45. The molecule has 6 heteroatoms. The summed E-state index contributed by atoms with van der Waals surface area (Å²) in [4.78, 5) is 7.64. The highest BCUT2D eigenvalue weighted by atomic mass is 32.2. The van der Waals surface area contributed by atoms with Gasteiger partial charge in [-0.2, -0.15) is 0 Å². The molecule has 0 aliphatic rings. The van der Waals surface area contributed by atoms with Crippen LogP contribution in [0, 0.1) is 0 Å². The molecule has 0 saturated heterocycles. The molecule has 0 radical (unpaired) electrons. The Morgan fingerprint density at radius 3 is 1.91 bits per heavy atom. The monoisotopic (exact) mass is 182 g/mol. The Morgan fingerprint density at radius 1 is 1.55 bits per heavy atom. The van der Waals surface area contributed by atoms with Crippen molar-refractivity contribution in [2.75, 3.05) is 6.26 Å². The number of hydrogen-bond donors (Lipinski definition) is 2. The third-order valence-corrected chi connectivity index (χ3v) is 3.12. The van der Waals surface area contributed by atoms with Crippen molar-refractivity contribution in [3.05, 3.63) is 0 Å². The number of rotatable bonds is 3. The van der Waals surface area contributed by atoms with Crippen LogP contribution in [0.15, 0.2) is 0 Å². The molecule has 0 rings (SSSR count). The highest BCUT2D eigenvalue weighted by Gasteiger charge is 2.44. The van der Waals surface area contributed by atoms with Crippen LogP contribution >= 0.6 is 0 Å². The van der Waals surface area contributed by atoms with Crippen molar-refractivity contribution in [3.63, 3.8) is 0 Å². The predicted molar refractivity (Wildman–Crippen MR) is 37.7 cm³/mol. The fourth-order valence-electron chi connectivity index (χ4n) is 0.572. The summed E-state index contributed by atoms with van der Waals surface area (Å²) in [6.45, 7) is 1.29. The maximum atomic E-state index is 10.7. The average molecular weight is 182 g/mol. The summed E-state index contributed by atoms with van der Waals surface area (Å²) in [5.74, 6) is -1.73. The first-order chi connectivity index (χ1) is 4.75. The van der Waals surface area contributed by atoms with E-state index >= 15 is 0 Å². The van der Waals surface area contributed by atoms with Crippen LogP contribution < -0.4 is 0 Å². The van der Waals surface area contributed by atoms with Crippen LogP contribution in [0.1, 0.15) is 13.3 Å². The van der Waals surface area contributed by atoms with E-state index in [9.17, 15) is 13.2 Å². The van der Waals surface area contributed by atoms with Gasteiger partial charge in [-0.15, -0.1) is 0 Å². The molecule has 0 aliphatic heterocycles. The normalized spacial score (nSPS) is 17.4. The van der Waals surface area contributed by atoms with Gasteiger partial charge in [-0.25, -0.2) is 13.2 Å². The minimum atomic E-state index is -3.96. The van der Waals surface area contributed by atoms with E-state index < -0.39 is 20.7 Å².